The number of unbranched alkanes of at least 4 members (excludes halogenated alkanes) is 1. The summed E-state index contributed by atoms with van der Waals surface area (Å²) in [5.74, 6) is 0.353. The van der Waals surface area contributed by atoms with Crippen molar-refractivity contribution in [2.45, 2.75) is 40.5 Å². The predicted molar refractivity (Wildman–Crippen MR) is 72.6 cm³/mol. The van der Waals surface area contributed by atoms with Gasteiger partial charge < -0.3 is 0 Å². The van der Waals surface area contributed by atoms with Gasteiger partial charge >= 0.3 is 7.82 Å². The second kappa shape index (κ2) is 13.5. The van der Waals surface area contributed by atoms with Crippen molar-refractivity contribution in [3.05, 3.63) is 0 Å². The lowest BCUT2D eigenvalue weighted by atomic mass is 10.4. The number of rotatable bonds is 9. The second-order valence-corrected chi connectivity index (χ2v) is 5.89. The van der Waals surface area contributed by atoms with E-state index in [9.17, 15) is 13.0 Å². The van der Waals surface area contributed by atoms with Crippen LogP contribution in [0, 0.1) is 0 Å². The number of phosphoric acid groups is 1. The molecule has 0 aliphatic carbocycles. The van der Waals surface area contributed by atoms with Crippen LogP contribution in [0.3, 0.4) is 0 Å². The van der Waals surface area contributed by atoms with E-state index in [1.54, 1.807) is 20.8 Å². The first kappa shape index (κ1) is 20.4. The summed E-state index contributed by atoms with van der Waals surface area (Å²) >= 11 is 0. The van der Waals surface area contributed by atoms with Crippen LogP contribution < -0.4 is 0 Å². The number of hydrogen-bond acceptors (Lipinski definition) is 6. The van der Waals surface area contributed by atoms with E-state index in [4.69, 9.17) is 13.6 Å². The fourth-order valence-corrected chi connectivity index (χ4v) is 2.62. The summed E-state index contributed by atoms with van der Waals surface area (Å²) in [6, 6.07) is 0. The molecule has 0 radical (unpaired) electrons. The molecule has 0 aliphatic heterocycles. The van der Waals surface area contributed by atoms with Crippen LogP contribution in [-0.4, -0.2) is 34.0 Å². The standard InChI is InChI=1S/C6H15O4P.C4H10O2S/c1-4-8-11(7,9-5-2)10-6-3;1-2-3-4-7(5)6/h4-6H2,1-3H3;7H,2-4H2,1H3. The topological polar surface area (TPSA) is 78.9 Å². The summed E-state index contributed by atoms with van der Waals surface area (Å²) < 4.78 is 45.4. The Morgan fingerprint density at radius 1 is 0.889 bits per heavy atom. The molecule has 0 N–H and O–H groups in total. The molecular formula is C10H25O6PS. The molecule has 0 bridgehead atoms. The lowest BCUT2D eigenvalue weighted by molar-refractivity contribution is 0.126. The molecule has 8 heteroatoms. The SMILES string of the molecule is CCCC[SH](=O)=O.CCOP(=O)(OCC)OCC. The summed E-state index contributed by atoms with van der Waals surface area (Å²) in [5, 5.41) is 0. The molecular weight excluding hydrogens is 279 g/mol. The van der Waals surface area contributed by atoms with Crippen LogP contribution >= 0.6 is 7.82 Å². The van der Waals surface area contributed by atoms with E-state index in [-0.39, 0.29) is 0 Å². The first-order valence-electron chi connectivity index (χ1n) is 6.11. The van der Waals surface area contributed by atoms with Crippen LogP contribution in [0.4, 0.5) is 0 Å². The van der Waals surface area contributed by atoms with Crippen molar-refractivity contribution in [3.8, 4) is 0 Å². The largest absolute Gasteiger partial charge is 0.474 e. The quantitative estimate of drug-likeness (QED) is 0.521. The maximum absolute atomic E-state index is 11.3. The van der Waals surface area contributed by atoms with E-state index < -0.39 is 18.5 Å². The number of thiol groups is 1. The Morgan fingerprint density at radius 3 is 1.44 bits per heavy atom. The minimum absolute atomic E-state index is 0.331. The number of phosphoric ester groups is 1. The lowest BCUT2D eigenvalue weighted by Gasteiger charge is -2.14. The molecule has 0 aromatic rings. The van der Waals surface area contributed by atoms with Crippen molar-refractivity contribution in [3.63, 3.8) is 0 Å². The van der Waals surface area contributed by atoms with Crippen LogP contribution in [-0.2, 0) is 28.8 Å². The highest BCUT2D eigenvalue weighted by molar-refractivity contribution is 7.72. The van der Waals surface area contributed by atoms with Gasteiger partial charge in [0.15, 0.2) is 0 Å². The minimum Gasteiger partial charge on any atom is -0.287 e. The van der Waals surface area contributed by atoms with Gasteiger partial charge in [-0.3, -0.25) is 13.6 Å². The third kappa shape index (κ3) is 14.1. The minimum atomic E-state index is -3.22. The predicted octanol–water partition coefficient (Wildman–Crippen LogP) is 2.60. The van der Waals surface area contributed by atoms with E-state index in [1.165, 1.54) is 0 Å². The number of hydrogen-bond donors (Lipinski definition) is 1. The average molecular weight is 304 g/mol. The molecule has 112 valence electrons. The third-order valence-electron chi connectivity index (χ3n) is 1.56. The van der Waals surface area contributed by atoms with E-state index in [0.717, 1.165) is 12.8 Å². The molecule has 0 spiro atoms. The highest BCUT2D eigenvalue weighted by atomic mass is 32.2. The van der Waals surface area contributed by atoms with Crippen LogP contribution in [0.5, 0.6) is 0 Å². The van der Waals surface area contributed by atoms with Crippen molar-refractivity contribution in [2.24, 2.45) is 0 Å². The van der Waals surface area contributed by atoms with Crippen molar-refractivity contribution < 1.29 is 26.6 Å². The Hall–Kier alpha value is 0.0600. The second-order valence-electron chi connectivity index (χ2n) is 3.11. The summed E-state index contributed by atoms with van der Waals surface area (Å²) in [7, 11) is -5.33. The lowest BCUT2D eigenvalue weighted by Crippen LogP contribution is -1.99. The van der Waals surface area contributed by atoms with Gasteiger partial charge in [-0.05, 0) is 27.2 Å². The van der Waals surface area contributed by atoms with Crippen LogP contribution in [0.25, 0.3) is 0 Å². The summed E-state index contributed by atoms with van der Waals surface area (Å²) in [4.78, 5) is 0. The highest BCUT2D eigenvalue weighted by Crippen LogP contribution is 2.48. The van der Waals surface area contributed by atoms with Gasteiger partial charge in [0.05, 0.1) is 19.8 Å². The van der Waals surface area contributed by atoms with Gasteiger partial charge in [0.1, 0.15) is 10.7 Å². The van der Waals surface area contributed by atoms with Gasteiger partial charge in [-0.15, -0.1) is 0 Å². The molecule has 0 saturated heterocycles. The molecule has 0 aromatic carbocycles. The smallest absolute Gasteiger partial charge is 0.287 e. The van der Waals surface area contributed by atoms with Gasteiger partial charge in [0.2, 0.25) is 0 Å². The van der Waals surface area contributed by atoms with E-state index in [1.807, 2.05) is 6.92 Å². The molecule has 18 heavy (non-hydrogen) atoms. The van der Waals surface area contributed by atoms with Crippen LogP contribution in [0.15, 0.2) is 0 Å². The fourth-order valence-electron chi connectivity index (χ4n) is 0.873. The average Bonchev–Trinajstić information content (AvgIpc) is 2.28. The fraction of sp³-hybridized carbons (Fsp3) is 1.00. The van der Waals surface area contributed by atoms with E-state index in [2.05, 4.69) is 0 Å². The molecule has 0 unspecified atom stereocenters. The van der Waals surface area contributed by atoms with Crippen molar-refractivity contribution >= 4 is 18.5 Å². The Morgan fingerprint density at radius 2 is 1.28 bits per heavy atom. The zero-order chi connectivity index (χ0) is 14.4. The Labute approximate surface area is 112 Å². The molecule has 0 fully saturated rings. The molecule has 0 rings (SSSR count). The Balaban J connectivity index is 0. The van der Waals surface area contributed by atoms with Gasteiger partial charge in [-0.1, -0.05) is 13.3 Å². The van der Waals surface area contributed by atoms with Crippen LogP contribution in [0.1, 0.15) is 40.5 Å². The maximum atomic E-state index is 11.3. The first-order chi connectivity index (χ1) is 8.45. The molecule has 0 heterocycles. The van der Waals surface area contributed by atoms with Gasteiger partial charge in [0, 0.05) is 5.75 Å². The first-order valence-corrected chi connectivity index (χ1v) is 8.93. The van der Waals surface area contributed by atoms with Crippen molar-refractivity contribution in [1.29, 1.82) is 0 Å². The maximum Gasteiger partial charge on any atom is 0.474 e. The van der Waals surface area contributed by atoms with Gasteiger partial charge in [0.25, 0.3) is 0 Å². The van der Waals surface area contributed by atoms with Crippen LogP contribution in [0.2, 0.25) is 0 Å². The zero-order valence-corrected chi connectivity index (χ0v) is 13.4. The molecule has 0 atom stereocenters. The van der Waals surface area contributed by atoms with E-state index in [0.29, 0.717) is 25.6 Å². The van der Waals surface area contributed by atoms with Crippen molar-refractivity contribution in [2.75, 3.05) is 25.6 Å². The molecule has 0 amide bonds. The highest BCUT2D eigenvalue weighted by Gasteiger charge is 2.23. The van der Waals surface area contributed by atoms with Crippen molar-refractivity contribution in [1.82, 2.24) is 0 Å². The Kier molecular flexibility index (Phi) is 15.3. The third-order valence-corrected chi connectivity index (χ3v) is 3.96. The zero-order valence-electron chi connectivity index (χ0n) is 11.6. The molecule has 6 nitrogen and oxygen atoms in total. The van der Waals surface area contributed by atoms with Gasteiger partial charge in [-0.2, -0.15) is 0 Å². The molecule has 0 saturated carbocycles. The van der Waals surface area contributed by atoms with E-state index >= 15 is 0 Å². The molecule has 0 aliphatic rings. The monoisotopic (exact) mass is 304 g/mol. The summed E-state index contributed by atoms with van der Waals surface area (Å²) in [6.45, 7) is 8.19. The summed E-state index contributed by atoms with van der Waals surface area (Å²) in [6.07, 6.45) is 1.77. The van der Waals surface area contributed by atoms with Gasteiger partial charge in [-0.25, -0.2) is 13.0 Å². The summed E-state index contributed by atoms with van der Waals surface area (Å²) in [5.41, 5.74) is 0. The molecule has 0 aromatic heterocycles. The Bertz CT molecular complexity index is 260. The normalized spacial score (nSPS) is 11.2.